The first kappa shape index (κ1) is 13.1. The van der Waals surface area contributed by atoms with Gasteiger partial charge in [-0.25, -0.2) is 0 Å². The summed E-state index contributed by atoms with van der Waals surface area (Å²) < 4.78 is 6.17. The molecular formula is C16H19OP. The van der Waals surface area contributed by atoms with Crippen LogP contribution in [-0.2, 0) is 0 Å². The first-order valence-electron chi connectivity index (χ1n) is 6.46. The summed E-state index contributed by atoms with van der Waals surface area (Å²) in [5.74, 6) is 0.976. The van der Waals surface area contributed by atoms with Gasteiger partial charge in [0.05, 0.1) is 0 Å². The van der Waals surface area contributed by atoms with Gasteiger partial charge in [0, 0.05) is 11.5 Å². The zero-order valence-corrected chi connectivity index (χ0v) is 11.6. The molecule has 2 rings (SSSR count). The molecule has 0 aliphatic carbocycles. The molecule has 0 aliphatic rings. The van der Waals surface area contributed by atoms with Crippen LogP contribution in [0.5, 0.6) is 5.75 Å². The summed E-state index contributed by atoms with van der Waals surface area (Å²) in [6.07, 6.45) is 3.56. The lowest BCUT2D eigenvalue weighted by atomic mass is 10.3. The van der Waals surface area contributed by atoms with Gasteiger partial charge in [0.25, 0.3) is 0 Å². The number of unbranched alkanes of at least 4 members (excludes halogenated alkanes) is 1. The number of benzene rings is 2. The van der Waals surface area contributed by atoms with E-state index in [1.807, 2.05) is 30.3 Å². The Morgan fingerprint density at radius 3 is 2.11 bits per heavy atom. The number of hydrogen-bond acceptors (Lipinski definition) is 1. The van der Waals surface area contributed by atoms with Crippen LogP contribution in [0.2, 0.25) is 0 Å². The van der Waals surface area contributed by atoms with Crippen molar-refractivity contribution in [3.63, 3.8) is 0 Å². The average Bonchev–Trinajstić information content (AvgIpc) is 2.45. The molecule has 18 heavy (non-hydrogen) atoms. The molecule has 0 N–H and O–H groups in total. The standard InChI is InChI=1S/C16H19OP/c1-2-3-14-18(16-12-8-5-9-13-16)17-15-10-6-4-7-11-15/h4-13H,2-3,14H2,1H3. The maximum Gasteiger partial charge on any atom is 0.123 e. The average molecular weight is 258 g/mol. The smallest absolute Gasteiger partial charge is 0.123 e. The summed E-state index contributed by atoms with van der Waals surface area (Å²) in [5, 5.41) is 1.32. The Kier molecular flexibility index (Phi) is 5.23. The molecule has 0 fully saturated rings. The third-order valence-corrected chi connectivity index (χ3v) is 4.75. The molecule has 1 atom stereocenters. The van der Waals surface area contributed by atoms with E-state index in [0.29, 0.717) is 0 Å². The van der Waals surface area contributed by atoms with Crippen LogP contribution in [0.15, 0.2) is 60.7 Å². The molecular weight excluding hydrogens is 239 g/mol. The summed E-state index contributed by atoms with van der Waals surface area (Å²) in [5.41, 5.74) is 0. The van der Waals surface area contributed by atoms with Gasteiger partial charge in [-0.1, -0.05) is 61.9 Å². The first-order chi connectivity index (χ1) is 8.90. The van der Waals surface area contributed by atoms with Crippen LogP contribution in [-0.4, -0.2) is 6.16 Å². The van der Waals surface area contributed by atoms with E-state index in [1.165, 1.54) is 18.1 Å². The fraction of sp³-hybridized carbons (Fsp3) is 0.250. The van der Waals surface area contributed by atoms with E-state index in [2.05, 4.69) is 37.3 Å². The molecule has 2 aromatic rings. The van der Waals surface area contributed by atoms with E-state index in [1.54, 1.807) is 0 Å². The highest BCUT2D eigenvalue weighted by Crippen LogP contribution is 2.38. The third-order valence-electron chi connectivity index (χ3n) is 2.72. The van der Waals surface area contributed by atoms with Crippen molar-refractivity contribution in [2.24, 2.45) is 0 Å². The summed E-state index contributed by atoms with van der Waals surface area (Å²) in [7, 11) is -0.538. The normalized spacial score (nSPS) is 12.1. The van der Waals surface area contributed by atoms with Crippen molar-refractivity contribution in [1.29, 1.82) is 0 Å². The zero-order chi connectivity index (χ0) is 12.6. The maximum absolute atomic E-state index is 6.17. The molecule has 0 bridgehead atoms. The molecule has 0 saturated heterocycles. The first-order valence-corrected chi connectivity index (χ1v) is 7.90. The van der Waals surface area contributed by atoms with E-state index >= 15 is 0 Å². The largest absolute Gasteiger partial charge is 0.469 e. The second-order valence-corrected chi connectivity index (χ2v) is 6.10. The fourth-order valence-corrected chi connectivity index (χ4v) is 3.67. The predicted octanol–water partition coefficient (Wildman–Crippen LogP) is 4.59. The van der Waals surface area contributed by atoms with E-state index < -0.39 is 8.15 Å². The van der Waals surface area contributed by atoms with E-state index in [0.717, 1.165) is 11.9 Å². The molecule has 0 spiro atoms. The minimum absolute atomic E-state index is 0.538. The molecule has 2 aromatic carbocycles. The molecule has 0 heterocycles. The highest BCUT2D eigenvalue weighted by atomic mass is 31.1. The lowest BCUT2D eigenvalue weighted by molar-refractivity contribution is 0.617. The SMILES string of the molecule is CCCCP(Oc1ccccc1)c1ccccc1. The Bertz CT molecular complexity index is 441. The maximum atomic E-state index is 6.17. The van der Waals surface area contributed by atoms with Gasteiger partial charge < -0.3 is 4.52 Å². The van der Waals surface area contributed by atoms with Crippen molar-refractivity contribution in [1.82, 2.24) is 0 Å². The molecule has 2 heteroatoms. The van der Waals surface area contributed by atoms with Gasteiger partial charge in [-0.2, -0.15) is 0 Å². The zero-order valence-electron chi connectivity index (χ0n) is 10.8. The highest BCUT2D eigenvalue weighted by molar-refractivity contribution is 7.61. The molecule has 94 valence electrons. The van der Waals surface area contributed by atoms with Crippen LogP contribution in [0.3, 0.4) is 0 Å². The molecule has 1 nitrogen and oxygen atoms in total. The molecule has 0 aliphatic heterocycles. The summed E-state index contributed by atoms with van der Waals surface area (Å²) >= 11 is 0. The highest BCUT2D eigenvalue weighted by Gasteiger charge is 2.12. The van der Waals surface area contributed by atoms with Gasteiger partial charge >= 0.3 is 0 Å². The predicted molar refractivity (Wildman–Crippen MR) is 79.8 cm³/mol. The summed E-state index contributed by atoms with van der Waals surface area (Å²) in [6, 6.07) is 20.7. The summed E-state index contributed by atoms with van der Waals surface area (Å²) in [6.45, 7) is 2.22. The summed E-state index contributed by atoms with van der Waals surface area (Å²) in [4.78, 5) is 0. The number of hydrogen-bond donors (Lipinski definition) is 0. The van der Waals surface area contributed by atoms with Gasteiger partial charge in [0.1, 0.15) is 13.9 Å². The Balaban J connectivity index is 2.10. The molecule has 0 saturated carbocycles. The van der Waals surface area contributed by atoms with Crippen LogP contribution in [0.1, 0.15) is 19.8 Å². The monoisotopic (exact) mass is 258 g/mol. The lowest BCUT2D eigenvalue weighted by Crippen LogP contribution is -2.07. The van der Waals surface area contributed by atoms with Crippen molar-refractivity contribution < 1.29 is 4.52 Å². The fourth-order valence-electron chi connectivity index (χ4n) is 1.73. The Morgan fingerprint density at radius 1 is 0.889 bits per heavy atom. The number of rotatable bonds is 6. The van der Waals surface area contributed by atoms with E-state index in [9.17, 15) is 0 Å². The van der Waals surface area contributed by atoms with Gasteiger partial charge in [-0.05, 0) is 18.6 Å². The second kappa shape index (κ2) is 7.18. The van der Waals surface area contributed by atoms with E-state index in [4.69, 9.17) is 4.52 Å². The molecule has 1 unspecified atom stereocenters. The van der Waals surface area contributed by atoms with Crippen LogP contribution in [0.25, 0.3) is 0 Å². The van der Waals surface area contributed by atoms with E-state index in [-0.39, 0.29) is 0 Å². The van der Waals surface area contributed by atoms with Gasteiger partial charge in [-0.15, -0.1) is 0 Å². The van der Waals surface area contributed by atoms with Crippen molar-refractivity contribution in [3.8, 4) is 5.75 Å². The quantitative estimate of drug-likeness (QED) is 0.689. The molecule has 0 radical (unpaired) electrons. The molecule has 0 amide bonds. The van der Waals surface area contributed by atoms with Crippen LogP contribution < -0.4 is 9.83 Å². The number of para-hydroxylation sites is 1. The van der Waals surface area contributed by atoms with Crippen LogP contribution >= 0.6 is 8.15 Å². The third kappa shape index (κ3) is 3.85. The Labute approximate surface area is 111 Å². The van der Waals surface area contributed by atoms with Gasteiger partial charge in [0.15, 0.2) is 0 Å². The second-order valence-electron chi connectivity index (χ2n) is 4.20. The minimum atomic E-state index is -0.538. The Morgan fingerprint density at radius 2 is 1.50 bits per heavy atom. The van der Waals surface area contributed by atoms with Crippen molar-refractivity contribution >= 4 is 13.5 Å². The van der Waals surface area contributed by atoms with Crippen LogP contribution in [0.4, 0.5) is 0 Å². The van der Waals surface area contributed by atoms with Crippen LogP contribution in [0, 0.1) is 0 Å². The van der Waals surface area contributed by atoms with Crippen molar-refractivity contribution in [2.75, 3.05) is 6.16 Å². The van der Waals surface area contributed by atoms with Gasteiger partial charge in [0.2, 0.25) is 0 Å². The lowest BCUT2D eigenvalue weighted by Gasteiger charge is -2.18. The minimum Gasteiger partial charge on any atom is -0.469 e. The Hall–Kier alpha value is -1.33. The van der Waals surface area contributed by atoms with Gasteiger partial charge in [-0.3, -0.25) is 0 Å². The molecule has 0 aromatic heterocycles. The van der Waals surface area contributed by atoms with Crippen molar-refractivity contribution in [3.05, 3.63) is 60.7 Å². The topological polar surface area (TPSA) is 9.23 Å². The van der Waals surface area contributed by atoms with Crippen molar-refractivity contribution in [2.45, 2.75) is 19.8 Å².